The van der Waals surface area contributed by atoms with Gasteiger partial charge in [0.2, 0.25) is 0 Å². The van der Waals surface area contributed by atoms with Crippen LogP contribution < -0.4 is 5.01 Å². The molecule has 0 spiro atoms. The van der Waals surface area contributed by atoms with Crippen LogP contribution in [0.2, 0.25) is 0 Å². The molecule has 0 amide bonds. The van der Waals surface area contributed by atoms with Gasteiger partial charge in [-0.3, -0.25) is 5.01 Å². The molecular weight excluding hydrogens is 296 g/mol. The fraction of sp³-hybridized carbons (Fsp3) is 0.0952. The van der Waals surface area contributed by atoms with Gasteiger partial charge in [0.15, 0.2) is 0 Å². The van der Waals surface area contributed by atoms with Crippen molar-refractivity contribution in [1.82, 2.24) is 0 Å². The third-order valence-corrected chi connectivity index (χ3v) is 4.33. The van der Waals surface area contributed by atoms with Crippen LogP contribution in [-0.4, -0.2) is 10.8 Å². The zero-order valence-electron chi connectivity index (χ0n) is 13.2. The number of hydrogen-bond acceptors (Lipinski definition) is 3. The maximum absolute atomic E-state index is 10.3. The number of para-hydroxylation sites is 2. The molecule has 118 valence electrons. The summed E-state index contributed by atoms with van der Waals surface area (Å²) >= 11 is 0. The molecule has 4 rings (SSSR count). The number of hydrazone groups is 1. The van der Waals surface area contributed by atoms with Crippen molar-refractivity contribution in [2.24, 2.45) is 5.10 Å². The van der Waals surface area contributed by atoms with E-state index in [4.69, 9.17) is 5.10 Å². The Morgan fingerprint density at radius 1 is 0.792 bits per heavy atom. The number of phenols is 1. The van der Waals surface area contributed by atoms with Gasteiger partial charge in [0.1, 0.15) is 5.75 Å². The number of nitrogens with zero attached hydrogens (tertiary/aromatic N) is 2. The summed E-state index contributed by atoms with van der Waals surface area (Å²) in [7, 11) is 0. The van der Waals surface area contributed by atoms with Crippen LogP contribution in [0.3, 0.4) is 0 Å². The minimum atomic E-state index is -0.0104. The normalized spacial score (nSPS) is 16.9. The first-order chi connectivity index (χ1) is 11.8. The standard InChI is InChI=1S/C21H18N2O/c24-21-14-8-7-13-18(21)20-15-19(16-9-3-1-4-10-16)22-23(20)17-11-5-2-6-12-17/h1-14,20,24H,15H2/t20-/m1/s1. The molecule has 3 aromatic carbocycles. The van der Waals surface area contributed by atoms with Gasteiger partial charge in [-0.2, -0.15) is 5.10 Å². The van der Waals surface area contributed by atoms with E-state index in [0.29, 0.717) is 5.75 Å². The lowest BCUT2D eigenvalue weighted by Crippen LogP contribution is -2.18. The topological polar surface area (TPSA) is 35.8 Å². The van der Waals surface area contributed by atoms with Crippen molar-refractivity contribution in [2.75, 3.05) is 5.01 Å². The lowest BCUT2D eigenvalue weighted by Gasteiger charge is -2.24. The molecule has 0 saturated heterocycles. The first-order valence-electron chi connectivity index (χ1n) is 8.08. The van der Waals surface area contributed by atoms with Crippen LogP contribution in [0.4, 0.5) is 5.69 Å². The fourth-order valence-electron chi connectivity index (χ4n) is 3.15. The number of anilines is 1. The molecule has 0 fully saturated rings. The lowest BCUT2D eigenvalue weighted by atomic mass is 9.97. The molecule has 0 saturated carbocycles. The first kappa shape index (κ1) is 14.5. The van der Waals surface area contributed by atoms with Gasteiger partial charge >= 0.3 is 0 Å². The number of benzene rings is 3. The smallest absolute Gasteiger partial charge is 0.120 e. The van der Waals surface area contributed by atoms with Crippen LogP contribution >= 0.6 is 0 Å². The highest BCUT2D eigenvalue weighted by atomic mass is 16.3. The maximum atomic E-state index is 10.3. The average molecular weight is 314 g/mol. The molecule has 0 aromatic heterocycles. The zero-order valence-corrected chi connectivity index (χ0v) is 13.2. The highest BCUT2D eigenvalue weighted by Crippen LogP contribution is 2.39. The van der Waals surface area contributed by atoms with Gasteiger partial charge < -0.3 is 5.11 Å². The summed E-state index contributed by atoms with van der Waals surface area (Å²) < 4.78 is 0. The fourth-order valence-corrected chi connectivity index (χ4v) is 3.15. The van der Waals surface area contributed by atoms with E-state index in [1.165, 1.54) is 0 Å². The van der Waals surface area contributed by atoms with Crippen LogP contribution in [0, 0.1) is 0 Å². The highest BCUT2D eigenvalue weighted by Gasteiger charge is 2.31. The lowest BCUT2D eigenvalue weighted by molar-refractivity contribution is 0.461. The first-order valence-corrected chi connectivity index (χ1v) is 8.08. The highest BCUT2D eigenvalue weighted by molar-refractivity contribution is 6.03. The molecule has 3 heteroatoms. The monoisotopic (exact) mass is 314 g/mol. The Morgan fingerprint density at radius 3 is 2.12 bits per heavy atom. The molecule has 0 aliphatic carbocycles. The van der Waals surface area contributed by atoms with Crippen molar-refractivity contribution >= 4 is 11.4 Å². The van der Waals surface area contributed by atoms with Crippen molar-refractivity contribution in [3.8, 4) is 5.75 Å². The number of phenolic OH excluding ortho intramolecular Hbond substituents is 1. The second kappa shape index (κ2) is 6.20. The van der Waals surface area contributed by atoms with E-state index < -0.39 is 0 Å². The largest absolute Gasteiger partial charge is 0.508 e. The van der Waals surface area contributed by atoms with E-state index in [-0.39, 0.29) is 6.04 Å². The second-order valence-corrected chi connectivity index (χ2v) is 5.87. The van der Waals surface area contributed by atoms with Gasteiger partial charge in [0.25, 0.3) is 0 Å². The summed E-state index contributed by atoms with van der Waals surface area (Å²) in [6.45, 7) is 0. The van der Waals surface area contributed by atoms with Crippen molar-refractivity contribution in [3.05, 3.63) is 96.1 Å². The van der Waals surface area contributed by atoms with Crippen molar-refractivity contribution in [2.45, 2.75) is 12.5 Å². The quantitative estimate of drug-likeness (QED) is 0.757. The van der Waals surface area contributed by atoms with Gasteiger partial charge in [-0.1, -0.05) is 66.7 Å². The summed E-state index contributed by atoms with van der Waals surface area (Å²) in [5, 5.41) is 17.2. The Bertz CT molecular complexity index is 859. The summed E-state index contributed by atoms with van der Waals surface area (Å²) in [4.78, 5) is 0. The van der Waals surface area contributed by atoms with Crippen molar-refractivity contribution in [3.63, 3.8) is 0 Å². The van der Waals surface area contributed by atoms with Gasteiger partial charge in [-0.05, 0) is 23.8 Å². The van der Waals surface area contributed by atoms with E-state index in [1.807, 2.05) is 71.7 Å². The molecule has 0 unspecified atom stereocenters. The van der Waals surface area contributed by atoms with Gasteiger partial charge in [0.05, 0.1) is 17.4 Å². The molecule has 24 heavy (non-hydrogen) atoms. The Morgan fingerprint density at radius 2 is 1.42 bits per heavy atom. The predicted octanol–water partition coefficient (Wildman–Crippen LogP) is 4.75. The number of aromatic hydroxyl groups is 1. The molecule has 0 radical (unpaired) electrons. The number of hydrogen-bond donors (Lipinski definition) is 1. The summed E-state index contributed by atoms with van der Waals surface area (Å²) in [5.74, 6) is 0.313. The summed E-state index contributed by atoms with van der Waals surface area (Å²) in [6.07, 6.45) is 0.760. The average Bonchev–Trinajstić information content (AvgIpc) is 3.09. The molecule has 3 aromatic rings. The van der Waals surface area contributed by atoms with Crippen LogP contribution in [0.1, 0.15) is 23.6 Å². The molecule has 3 nitrogen and oxygen atoms in total. The van der Waals surface area contributed by atoms with Crippen LogP contribution in [0.25, 0.3) is 0 Å². The Labute approximate surface area is 141 Å². The van der Waals surface area contributed by atoms with Gasteiger partial charge in [-0.25, -0.2) is 0 Å². The van der Waals surface area contributed by atoms with Crippen molar-refractivity contribution < 1.29 is 5.11 Å². The predicted molar refractivity (Wildman–Crippen MR) is 97.4 cm³/mol. The molecule has 1 aliphatic heterocycles. The Hall–Kier alpha value is -3.07. The second-order valence-electron chi connectivity index (χ2n) is 5.87. The van der Waals surface area contributed by atoms with E-state index in [1.54, 1.807) is 6.07 Å². The Balaban J connectivity index is 1.78. The van der Waals surface area contributed by atoms with E-state index in [9.17, 15) is 5.11 Å². The summed E-state index contributed by atoms with van der Waals surface area (Å²) in [5.41, 5.74) is 4.08. The zero-order chi connectivity index (χ0) is 16.4. The Kier molecular flexibility index (Phi) is 3.75. The van der Waals surface area contributed by atoms with Crippen LogP contribution in [-0.2, 0) is 0 Å². The van der Waals surface area contributed by atoms with E-state index >= 15 is 0 Å². The van der Waals surface area contributed by atoms with Crippen LogP contribution in [0.15, 0.2) is 90.0 Å². The van der Waals surface area contributed by atoms with Gasteiger partial charge in [0, 0.05) is 12.0 Å². The molecule has 1 N–H and O–H groups in total. The minimum Gasteiger partial charge on any atom is -0.508 e. The minimum absolute atomic E-state index is 0.0104. The summed E-state index contributed by atoms with van der Waals surface area (Å²) in [6, 6.07) is 27.8. The maximum Gasteiger partial charge on any atom is 0.120 e. The van der Waals surface area contributed by atoms with Gasteiger partial charge in [-0.15, -0.1) is 0 Å². The van der Waals surface area contributed by atoms with Crippen molar-refractivity contribution in [1.29, 1.82) is 0 Å². The molecule has 0 bridgehead atoms. The molecule has 1 aliphatic rings. The molecule has 1 atom stereocenters. The third kappa shape index (κ3) is 2.65. The van der Waals surface area contributed by atoms with E-state index in [2.05, 4.69) is 12.1 Å². The number of rotatable bonds is 3. The SMILES string of the molecule is Oc1ccccc1[C@H]1CC(c2ccccc2)=NN1c1ccccc1. The van der Waals surface area contributed by atoms with Crippen LogP contribution in [0.5, 0.6) is 5.75 Å². The molecular formula is C21H18N2O. The third-order valence-electron chi connectivity index (χ3n) is 4.33. The molecule has 1 heterocycles. The van der Waals surface area contributed by atoms with E-state index in [0.717, 1.165) is 28.9 Å².